The van der Waals surface area contributed by atoms with Gasteiger partial charge in [0.15, 0.2) is 0 Å². The van der Waals surface area contributed by atoms with Gasteiger partial charge in [-0.15, -0.1) is 0 Å². The van der Waals surface area contributed by atoms with E-state index >= 15 is 0 Å². The van der Waals surface area contributed by atoms with Gasteiger partial charge in [-0.25, -0.2) is 9.78 Å². The summed E-state index contributed by atoms with van der Waals surface area (Å²) in [6.45, 7) is 4.01. The molecule has 1 aromatic heterocycles. The Kier molecular flexibility index (Phi) is 12.5. The van der Waals surface area contributed by atoms with Crippen molar-refractivity contribution in [2.45, 2.75) is 63.7 Å². The van der Waals surface area contributed by atoms with Gasteiger partial charge in [-0.3, -0.25) is 14.4 Å². The fraction of sp³-hybridized carbons (Fsp3) is 0.650. The van der Waals surface area contributed by atoms with Crippen molar-refractivity contribution in [3.63, 3.8) is 0 Å². The first-order valence-corrected chi connectivity index (χ1v) is 11.4. The molecule has 0 saturated heterocycles. The summed E-state index contributed by atoms with van der Waals surface area (Å²) in [5, 5.41) is 16.8. The van der Waals surface area contributed by atoms with E-state index in [1.54, 1.807) is 13.8 Å². The fourth-order valence-corrected chi connectivity index (χ4v) is 3.14. The Hall–Kier alpha value is -2.64. The van der Waals surface area contributed by atoms with Crippen LogP contribution < -0.4 is 27.4 Å². The van der Waals surface area contributed by atoms with Crippen LogP contribution in [-0.4, -0.2) is 75.2 Å². The van der Waals surface area contributed by atoms with E-state index in [4.69, 9.17) is 11.5 Å². The lowest BCUT2D eigenvalue weighted by atomic mass is 10.0. The van der Waals surface area contributed by atoms with E-state index in [-0.39, 0.29) is 18.1 Å². The number of carboxylic acid groups (broad SMARTS) is 1. The summed E-state index contributed by atoms with van der Waals surface area (Å²) in [7, 11) is 0. The number of nitrogens with two attached hydrogens (primary N) is 2. The maximum Gasteiger partial charge on any atom is 0.327 e. The number of aliphatic carboxylic acids is 1. The van der Waals surface area contributed by atoms with Crippen LogP contribution in [-0.2, 0) is 25.6 Å². The predicted molar refractivity (Wildman–Crippen MR) is 125 cm³/mol. The number of carboxylic acids is 1. The summed E-state index contributed by atoms with van der Waals surface area (Å²) in [5.74, 6) is -3.28. The molecule has 4 unspecified atom stereocenters. The van der Waals surface area contributed by atoms with Gasteiger partial charge < -0.3 is 37.5 Å². The van der Waals surface area contributed by atoms with Crippen LogP contribution in [0.2, 0.25) is 0 Å². The summed E-state index contributed by atoms with van der Waals surface area (Å²) in [6, 6.07) is -4.09. The van der Waals surface area contributed by atoms with E-state index in [1.165, 1.54) is 12.5 Å². The molecule has 4 atom stereocenters. The number of aromatic nitrogens is 2. The minimum Gasteiger partial charge on any atom is -0.480 e. The van der Waals surface area contributed by atoms with Crippen LogP contribution in [0.25, 0.3) is 0 Å². The van der Waals surface area contributed by atoms with Crippen LogP contribution in [0, 0.1) is 5.92 Å². The predicted octanol–water partition coefficient (Wildman–Crippen LogP) is -1.47. The summed E-state index contributed by atoms with van der Waals surface area (Å²) in [5.41, 5.74) is 12.0. The molecule has 0 radical (unpaired) electrons. The van der Waals surface area contributed by atoms with Crippen molar-refractivity contribution in [1.29, 1.82) is 0 Å². The van der Waals surface area contributed by atoms with E-state index in [9.17, 15) is 24.3 Å². The molecule has 33 heavy (non-hydrogen) atoms. The molecule has 0 aliphatic carbocycles. The van der Waals surface area contributed by atoms with Gasteiger partial charge >= 0.3 is 5.97 Å². The molecular weight excluding hydrogens is 450 g/mol. The van der Waals surface area contributed by atoms with Crippen LogP contribution in [0.4, 0.5) is 0 Å². The molecule has 12 nitrogen and oxygen atoms in total. The molecule has 1 aromatic rings. The average molecular weight is 486 g/mol. The number of thiol groups is 1. The third-order valence-corrected chi connectivity index (χ3v) is 5.38. The molecule has 9 N–H and O–H groups in total. The molecule has 0 aliphatic rings. The normalized spacial score (nSPS) is 14.7. The van der Waals surface area contributed by atoms with Crippen LogP contribution >= 0.6 is 12.6 Å². The fourth-order valence-electron chi connectivity index (χ4n) is 2.89. The molecule has 0 bridgehead atoms. The van der Waals surface area contributed by atoms with Crippen LogP contribution in [0.3, 0.4) is 0 Å². The van der Waals surface area contributed by atoms with Gasteiger partial charge in [-0.05, 0) is 31.7 Å². The van der Waals surface area contributed by atoms with Crippen LogP contribution in [0.5, 0.6) is 0 Å². The van der Waals surface area contributed by atoms with Gasteiger partial charge in [0.05, 0.1) is 12.4 Å². The molecule has 186 valence electrons. The SMILES string of the molecule is CC(C)C(N)C(=O)NC(CCCCN)C(=O)NC(Cc1cnc[nH]1)C(=O)NC(CS)C(=O)O. The number of rotatable bonds is 15. The molecule has 13 heteroatoms. The number of carbonyl (C=O) groups excluding carboxylic acids is 3. The van der Waals surface area contributed by atoms with E-state index in [0.29, 0.717) is 31.5 Å². The molecule has 0 saturated carbocycles. The number of amides is 3. The minimum atomic E-state index is -1.25. The van der Waals surface area contributed by atoms with Crippen molar-refractivity contribution < 1.29 is 24.3 Å². The second kappa shape index (κ2) is 14.5. The first-order valence-electron chi connectivity index (χ1n) is 10.8. The van der Waals surface area contributed by atoms with E-state index in [1.807, 2.05) is 0 Å². The molecule has 3 amide bonds. The zero-order valence-electron chi connectivity index (χ0n) is 18.9. The van der Waals surface area contributed by atoms with Gasteiger partial charge in [-0.2, -0.15) is 12.6 Å². The minimum absolute atomic E-state index is 0.0332. The second-order valence-corrected chi connectivity index (χ2v) is 8.40. The van der Waals surface area contributed by atoms with Gasteiger partial charge in [0.1, 0.15) is 18.1 Å². The largest absolute Gasteiger partial charge is 0.480 e. The smallest absolute Gasteiger partial charge is 0.327 e. The zero-order valence-corrected chi connectivity index (χ0v) is 19.8. The standard InChI is InChI=1S/C20H35N7O5S/c1-11(2)16(22)19(30)25-13(5-3-4-6-21)17(28)26-14(7-12-8-23-10-24-12)18(29)27-15(9-33)20(31)32/h8,10-11,13-16,33H,3-7,9,21-22H2,1-2H3,(H,23,24)(H,25,30)(H,26,28)(H,27,29)(H,31,32). The summed E-state index contributed by atoms with van der Waals surface area (Å²) in [6.07, 6.45) is 4.46. The highest BCUT2D eigenvalue weighted by Gasteiger charge is 2.30. The lowest BCUT2D eigenvalue weighted by molar-refractivity contribution is -0.141. The Balaban J connectivity index is 3.02. The number of imidazole rings is 1. The maximum absolute atomic E-state index is 13.1. The maximum atomic E-state index is 13.1. The van der Waals surface area contributed by atoms with Crippen LogP contribution in [0.15, 0.2) is 12.5 Å². The number of nitrogens with one attached hydrogen (secondary N) is 4. The Labute approximate surface area is 198 Å². The van der Waals surface area contributed by atoms with E-state index in [0.717, 1.165) is 0 Å². The molecule has 1 rings (SSSR count). The molecule has 1 heterocycles. The Bertz CT molecular complexity index is 775. The highest BCUT2D eigenvalue weighted by molar-refractivity contribution is 7.80. The molecule has 0 spiro atoms. The van der Waals surface area contributed by atoms with Gasteiger partial charge in [-0.1, -0.05) is 13.8 Å². The van der Waals surface area contributed by atoms with E-state index in [2.05, 4.69) is 38.5 Å². The average Bonchev–Trinajstić information content (AvgIpc) is 3.28. The van der Waals surface area contributed by atoms with Gasteiger partial charge in [0.25, 0.3) is 0 Å². The number of hydrogen-bond donors (Lipinski definition) is 8. The number of hydrogen-bond acceptors (Lipinski definition) is 8. The lowest BCUT2D eigenvalue weighted by Crippen LogP contribution is -2.58. The van der Waals surface area contributed by atoms with Crippen molar-refractivity contribution in [2.75, 3.05) is 12.3 Å². The third kappa shape index (κ3) is 9.80. The molecular formula is C20H35N7O5S. The molecule has 0 fully saturated rings. The zero-order chi connectivity index (χ0) is 25.0. The van der Waals surface area contributed by atoms with Gasteiger partial charge in [0, 0.05) is 24.1 Å². The first kappa shape index (κ1) is 28.4. The number of carbonyl (C=O) groups is 4. The topological polar surface area (TPSA) is 205 Å². The number of aromatic amines is 1. The third-order valence-electron chi connectivity index (χ3n) is 5.01. The number of unbranched alkanes of at least 4 members (excludes halogenated alkanes) is 1. The summed E-state index contributed by atoms with van der Waals surface area (Å²) >= 11 is 3.94. The summed E-state index contributed by atoms with van der Waals surface area (Å²) in [4.78, 5) is 56.3. The van der Waals surface area contributed by atoms with Crippen LogP contribution in [0.1, 0.15) is 38.8 Å². The van der Waals surface area contributed by atoms with Crippen molar-refractivity contribution in [3.05, 3.63) is 18.2 Å². The van der Waals surface area contributed by atoms with Gasteiger partial charge in [0.2, 0.25) is 17.7 Å². The van der Waals surface area contributed by atoms with Crippen molar-refractivity contribution in [3.8, 4) is 0 Å². The number of H-pyrrole nitrogens is 1. The Morgan fingerprint density at radius 1 is 1.06 bits per heavy atom. The van der Waals surface area contributed by atoms with Crippen molar-refractivity contribution in [2.24, 2.45) is 17.4 Å². The monoisotopic (exact) mass is 485 g/mol. The van der Waals surface area contributed by atoms with Crippen molar-refractivity contribution >= 4 is 36.3 Å². The first-order chi connectivity index (χ1) is 15.6. The molecule has 0 aliphatic heterocycles. The number of nitrogens with zero attached hydrogens (tertiary/aromatic N) is 1. The Morgan fingerprint density at radius 2 is 1.67 bits per heavy atom. The Morgan fingerprint density at radius 3 is 2.18 bits per heavy atom. The quantitative estimate of drug-likeness (QED) is 0.108. The van der Waals surface area contributed by atoms with E-state index < -0.39 is 47.9 Å². The second-order valence-electron chi connectivity index (χ2n) is 8.04. The summed E-state index contributed by atoms with van der Waals surface area (Å²) < 4.78 is 0. The molecule has 0 aromatic carbocycles. The van der Waals surface area contributed by atoms with Crippen molar-refractivity contribution in [1.82, 2.24) is 25.9 Å². The lowest BCUT2D eigenvalue weighted by Gasteiger charge is -2.25. The highest BCUT2D eigenvalue weighted by Crippen LogP contribution is 2.07. The highest BCUT2D eigenvalue weighted by atomic mass is 32.1.